The smallest absolute Gasteiger partial charge is 0.407 e. The third-order valence-corrected chi connectivity index (χ3v) is 6.40. The SMILES string of the molecule is CC1(C)CC(CCC(Nc2cccc(S(N)(=O)=O)n2)c2ccccc2)CN1C(=O)O. The third-order valence-electron chi connectivity index (χ3n) is 5.59. The number of anilines is 1. The lowest BCUT2D eigenvalue weighted by Gasteiger charge is -2.28. The van der Waals surface area contributed by atoms with Crippen LogP contribution in [0.25, 0.3) is 0 Å². The van der Waals surface area contributed by atoms with Crippen molar-refractivity contribution in [1.29, 1.82) is 0 Å². The number of primary sulfonamides is 1. The Balaban J connectivity index is 1.76. The summed E-state index contributed by atoms with van der Waals surface area (Å²) in [5, 5.41) is 17.8. The normalized spacial score (nSPS) is 19.4. The minimum atomic E-state index is -3.89. The quantitative estimate of drug-likeness (QED) is 0.615. The lowest BCUT2D eigenvalue weighted by Crippen LogP contribution is -2.41. The number of carbonyl (C=O) groups is 1. The number of aromatic nitrogens is 1. The molecule has 4 N–H and O–H groups in total. The first-order chi connectivity index (χ1) is 14.1. The molecule has 1 aromatic carbocycles. The van der Waals surface area contributed by atoms with E-state index in [9.17, 15) is 18.3 Å². The maximum atomic E-state index is 11.6. The summed E-state index contributed by atoms with van der Waals surface area (Å²) >= 11 is 0. The summed E-state index contributed by atoms with van der Waals surface area (Å²) in [7, 11) is -3.89. The van der Waals surface area contributed by atoms with Crippen LogP contribution in [0, 0.1) is 5.92 Å². The Morgan fingerprint density at radius 1 is 1.27 bits per heavy atom. The van der Waals surface area contributed by atoms with Gasteiger partial charge in [0.25, 0.3) is 10.0 Å². The molecule has 0 saturated carbocycles. The average molecular weight is 433 g/mol. The molecular formula is C21H28N4O4S. The standard InChI is InChI=1S/C21H28N4O4S/c1-21(2)13-15(14-25(21)20(26)27)11-12-17(16-7-4-3-5-8-16)23-18-9-6-10-19(24-18)30(22,28)29/h3-10,15,17H,11-14H2,1-2H3,(H,23,24)(H,26,27)(H2,22,28,29). The Labute approximate surface area is 177 Å². The van der Waals surface area contributed by atoms with Crippen LogP contribution >= 0.6 is 0 Å². The van der Waals surface area contributed by atoms with Crippen LogP contribution in [0.5, 0.6) is 0 Å². The minimum Gasteiger partial charge on any atom is -0.465 e. The van der Waals surface area contributed by atoms with Gasteiger partial charge < -0.3 is 15.3 Å². The zero-order chi connectivity index (χ0) is 21.9. The Bertz CT molecular complexity index is 995. The second-order valence-electron chi connectivity index (χ2n) is 8.37. The van der Waals surface area contributed by atoms with E-state index in [2.05, 4.69) is 10.3 Å². The number of hydrogen-bond donors (Lipinski definition) is 3. The molecule has 1 aliphatic rings. The van der Waals surface area contributed by atoms with Crippen LogP contribution in [0.3, 0.4) is 0 Å². The van der Waals surface area contributed by atoms with Crippen LogP contribution in [0.2, 0.25) is 0 Å². The van der Waals surface area contributed by atoms with E-state index in [0.29, 0.717) is 12.4 Å². The predicted octanol–water partition coefficient (Wildman–Crippen LogP) is 3.44. The van der Waals surface area contributed by atoms with Gasteiger partial charge in [0, 0.05) is 12.1 Å². The lowest BCUT2D eigenvalue weighted by molar-refractivity contribution is 0.117. The second-order valence-corrected chi connectivity index (χ2v) is 9.88. The molecule has 0 spiro atoms. The highest BCUT2D eigenvalue weighted by atomic mass is 32.2. The van der Waals surface area contributed by atoms with E-state index in [1.54, 1.807) is 12.1 Å². The molecule has 2 atom stereocenters. The van der Waals surface area contributed by atoms with Crippen molar-refractivity contribution in [1.82, 2.24) is 9.88 Å². The summed E-state index contributed by atoms with van der Waals surface area (Å²) in [6.45, 7) is 4.43. The Hall–Kier alpha value is -2.65. The summed E-state index contributed by atoms with van der Waals surface area (Å²) in [5.41, 5.74) is 0.671. The minimum absolute atomic E-state index is 0.101. The number of hydrogen-bond acceptors (Lipinski definition) is 5. The topological polar surface area (TPSA) is 126 Å². The highest BCUT2D eigenvalue weighted by Crippen LogP contribution is 2.36. The number of rotatable bonds is 7. The second kappa shape index (κ2) is 8.61. The van der Waals surface area contributed by atoms with Crippen molar-refractivity contribution in [2.75, 3.05) is 11.9 Å². The number of carboxylic acid groups (broad SMARTS) is 1. The van der Waals surface area contributed by atoms with Gasteiger partial charge in [0.2, 0.25) is 0 Å². The Morgan fingerprint density at radius 3 is 2.57 bits per heavy atom. The molecule has 8 nitrogen and oxygen atoms in total. The third kappa shape index (κ3) is 5.28. The van der Waals surface area contributed by atoms with Crippen molar-refractivity contribution in [3.63, 3.8) is 0 Å². The molecule has 1 fully saturated rings. The highest BCUT2D eigenvalue weighted by molar-refractivity contribution is 7.89. The molecule has 2 aromatic rings. The number of likely N-dealkylation sites (tertiary alicyclic amines) is 1. The lowest BCUT2D eigenvalue weighted by atomic mass is 9.90. The number of nitrogens with two attached hydrogens (primary N) is 1. The van der Waals surface area contributed by atoms with Gasteiger partial charge in [0.15, 0.2) is 5.03 Å². The maximum absolute atomic E-state index is 11.6. The molecule has 162 valence electrons. The molecule has 1 saturated heterocycles. The summed E-state index contributed by atoms with van der Waals surface area (Å²) in [6, 6.07) is 14.4. The van der Waals surface area contributed by atoms with E-state index < -0.39 is 16.1 Å². The molecule has 2 heterocycles. The van der Waals surface area contributed by atoms with E-state index in [0.717, 1.165) is 24.8 Å². The van der Waals surface area contributed by atoms with Crippen LogP contribution in [0.4, 0.5) is 10.6 Å². The van der Waals surface area contributed by atoms with Gasteiger partial charge in [-0.3, -0.25) is 0 Å². The molecule has 1 aromatic heterocycles. The van der Waals surface area contributed by atoms with Crippen molar-refractivity contribution in [2.24, 2.45) is 11.1 Å². The Kier molecular flexibility index (Phi) is 6.33. The van der Waals surface area contributed by atoms with E-state index >= 15 is 0 Å². The molecule has 0 aliphatic carbocycles. The molecule has 2 unspecified atom stereocenters. The number of nitrogens with one attached hydrogen (secondary N) is 1. The van der Waals surface area contributed by atoms with E-state index in [4.69, 9.17) is 5.14 Å². The number of pyridine rings is 1. The Morgan fingerprint density at radius 2 is 1.97 bits per heavy atom. The fourth-order valence-electron chi connectivity index (χ4n) is 4.16. The monoisotopic (exact) mass is 432 g/mol. The first-order valence-electron chi connectivity index (χ1n) is 9.88. The van der Waals surface area contributed by atoms with Gasteiger partial charge in [-0.1, -0.05) is 36.4 Å². The summed E-state index contributed by atoms with van der Waals surface area (Å²) in [5.74, 6) is 0.683. The molecule has 1 aliphatic heterocycles. The van der Waals surface area contributed by atoms with Crippen molar-refractivity contribution >= 4 is 21.9 Å². The molecule has 0 bridgehead atoms. The largest absolute Gasteiger partial charge is 0.465 e. The summed E-state index contributed by atoms with van der Waals surface area (Å²) in [6.07, 6.45) is 1.50. The number of benzene rings is 1. The summed E-state index contributed by atoms with van der Waals surface area (Å²) in [4.78, 5) is 17.2. The fraction of sp³-hybridized carbons (Fsp3) is 0.429. The fourth-order valence-corrected chi connectivity index (χ4v) is 4.65. The average Bonchev–Trinajstić information content (AvgIpc) is 3.00. The molecule has 9 heteroatoms. The van der Waals surface area contributed by atoms with Gasteiger partial charge in [-0.25, -0.2) is 23.3 Å². The molecule has 0 radical (unpaired) electrons. The first kappa shape index (κ1) is 22.0. The zero-order valence-electron chi connectivity index (χ0n) is 17.2. The van der Waals surface area contributed by atoms with Crippen LogP contribution in [-0.2, 0) is 10.0 Å². The maximum Gasteiger partial charge on any atom is 0.407 e. The van der Waals surface area contributed by atoms with Crippen LogP contribution in [-0.4, -0.2) is 41.6 Å². The van der Waals surface area contributed by atoms with Crippen molar-refractivity contribution < 1.29 is 18.3 Å². The van der Waals surface area contributed by atoms with E-state index in [-0.39, 0.29) is 22.5 Å². The van der Waals surface area contributed by atoms with Crippen LogP contribution in [0.1, 0.15) is 44.7 Å². The van der Waals surface area contributed by atoms with Gasteiger partial charge in [-0.05, 0) is 56.7 Å². The molecular weight excluding hydrogens is 404 g/mol. The van der Waals surface area contributed by atoms with Gasteiger partial charge in [0.05, 0.1) is 6.04 Å². The van der Waals surface area contributed by atoms with Gasteiger partial charge in [-0.2, -0.15) is 0 Å². The van der Waals surface area contributed by atoms with Crippen LogP contribution < -0.4 is 10.5 Å². The van der Waals surface area contributed by atoms with Crippen molar-refractivity contribution in [2.45, 2.75) is 49.7 Å². The molecule has 30 heavy (non-hydrogen) atoms. The van der Waals surface area contributed by atoms with Gasteiger partial charge in [-0.15, -0.1) is 0 Å². The zero-order valence-corrected chi connectivity index (χ0v) is 18.0. The molecule has 1 amide bonds. The highest BCUT2D eigenvalue weighted by Gasteiger charge is 2.41. The summed E-state index contributed by atoms with van der Waals surface area (Å²) < 4.78 is 23.2. The van der Waals surface area contributed by atoms with Crippen molar-refractivity contribution in [3.05, 3.63) is 54.1 Å². The van der Waals surface area contributed by atoms with E-state index in [1.807, 2.05) is 44.2 Å². The number of nitrogens with zero attached hydrogens (tertiary/aromatic N) is 2. The van der Waals surface area contributed by atoms with Crippen molar-refractivity contribution in [3.8, 4) is 0 Å². The van der Waals surface area contributed by atoms with E-state index in [1.165, 1.54) is 11.0 Å². The van der Waals surface area contributed by atoms with Crippen LogP contribution in [0.15, 0.2) is 53.6 Å². The number of amides is 1. The predicted molar refractivity (Wildman–Crippen MR) is 115 cm³/mol. The van der Waals surface area contributed by atoms with Gasteiger partial charge in [0.1, 0.15) is 5.82 Å². The van der Waals surface area contributed by atoms with Gasteiger partial charge >= 0.3 is 6.09 Å². The number of sulfonamides is 1. The molecule has 3 rings (SSSR count). The first-order valence-corrected chi connectivity index (χ1v) is 11.4.